The maximum absolute atomic E-state index is 9.29. The Morgan fingerprint density at radius 1 is 0.500 bits per heavy atom. The maximum Gasteiger partial charge on any atom is 0.136 e. The number of furan rings is 1. The molecule has 0 bridgehead atoms. The summed E-state index contributed by atoms with van der Waals surface area (Å²) in [6.07, 6.45) is 0. The molecule has 5 heteroatoms. The van der Waals surface area contributed by atoms with Crippen LogP contribution in [-0.4, -0.2) is 4.98 Å². The zero-order valence-electron chi connectivity index (χ0n) is 23.3. The summed E-state index contributed by atoms with van der Waals surface area (Å²) in [5, 5.41) is 21.6. The summed E-state index contributed by atoms with van der Waals surface area (Å²) in [6.45, 7) is 0. The number of nitrogens with zero attached hydrogens (tertiary/aromatic N) is 3. The van der Waals surface area contributed by atoms with Gasteiger partial charge < -0.3 is 4.42 Å². The lowest BCUT2D eigenvalue weighted by atomic mass is 9.94. The molecule has 0 aliphatic rings. The van der Waals surface area contributed by atoms with Crippen LogP contribution < -0.4 is 0 Å². The topological polar surface area (TPSA) is 73.6 Å². The van der Waals surface area contributed by atoms with E-state index in [1.807, 2.05) is 54.6 Å². The van der Waals surface area contributed by atoms with E-state index in [0.29, 0.717) is 11.1 Å². The van der Waals surface area contributed by atoms with Crippen molar-refractivity contribution < 1.29 is 4.42 Å². The molecule has 0 aliphatic heterocycles. The second-order valence-corrected chi connectivity index (χ2v) is 11.7. The van der Waals surface area contributed by atoms with Crippen molar-refractivity contribution in [2.45, 2.75) is 0 Å². The lowest BCUT2D eigenvalue weighted by molar-refractivity contribution is 0.669. The van der Waals surface area contributed by atoms with Gasteiger partial charge in [-0.2, -0.15) is 10.5 Å². The van der Waals surface area contributed by atoms with Crippen molar-refractivity contribution >= 4 is 43.5 Å². The Morgan fingerprint density at radius 2 is 1.05 bits per heavy atom. The fourth-order valence-electron chi connectivity index (χ4n) is 5.70. The van der Waals surface area contributed by atoms with Crippen LogP contribution in [0.2, 0.25) is 0 Å². The van der Waals surface area contributed by atoms with Crippen LogP contribution in [0.1, 0.15) is 11.1 Å². The Labute approximate surface area is 257 Å². The molecule has 0 aliphatic carbocycles. The van der Waals surface area contributed by atoms with Crippen molar-refractivity contribution in [3.63, 3.8) is 0 Å². The number of benzene rings is 6. The lowest BCUT2D eigenvalue weighted by Crippen LogP contribution is -1.87. The summed E-state index contributed by atoms with van der Waals surface area (Å²) in [5.41, 5.74) is 11.2. The first-order chi connectivity index (χ1) is 21.6. The highest BCUT2D eigenvalue weighted by Gasteiger charge is 2.13. The average Bonchev–Trinajstić information content (AvgIpc) is 3.69. The molecule has 0 fully saturated rings. The molecular weight excluding hydrogens is 559 g/mol. The average molecular weight is 580 g/mol. The van der Waals surface area contributed by atoms with E-state index in [1.165, 1.54) is 0 Å². The molecule has 0 saturated heterocycles. The van der Waals surface area contributed by atoms with Crippen LogP contribution in [0, 0.1) is 22.7 Å². The van der Waals surface area contributed by atoms with E-state index < -0.39 is 0 Å². The number of para-hydroxylation sites is 1. The number of hydrogen-bond acceptors (Lipinski definition) is 5. The number of thiazole rings is 1. The van der Waals surface area contributed by atoms with E-state index >= 15 is 0 Å². The molecule has 0 atom stereocenters. The number of fused-ring (bicyclic) bond motifs is 4. The molecule has 0 N–H and O–H groups in total. The lowest BCUT2D eigenvalue weighted by Gasteiger charge is -2.11. The molecule has 44 heavy (non-hydrogen) atoms. The van der Waals surface area contributed by atoms with E-state index in [0.717, 1.165) is 76.1 Å². The zero-order valence-corrected chi connectivity index (χ0v) is 24.1. The minimum Gasteiger partial charge on any atom is -0.456 e. The third kappa shape index (κ3) is 4.50. The van der Waals surface area contributed by atoms with Gasteiger partial charge in [0.25, 0.3) is 0 Å². The molecular formula is C39H21N3OS. The number of nitriles is 2. The molecule has 0 radical (unpaired) electrons. The minimum atomic E-state index is 0.585. The summed E-state index contributed by atoms with van der Waals surface area (Å²) in [7, 11) is 0. The third-order valence-electron chi connectivity index (χ3n) is 7.98. The molecule has 0 spiro atoms. The number of aromatic nitrogens is 1. The molecule has 8 rings (SSSR count). The van der Waals surface area contributed by atoms with Crippen molar-refractivity contribution in [1.29, 1.82) is 10.5 Å². The molecule has 2 aromatic heterocycles. The van der Waals surface area contributed by atoms with Crippen molar-refractivity contribution in [3.05, 3.63) is 139 Å². The molecule has 0 saturated carbocycles. The largest absolute Gasteiger partial charge is 0.456 e. The van der Waals surface area contributed by atoms with Crippen LogP contribution in [0.25, 0.3) is 76.1 Å². The summed E-state index contributed by atoms with van der Waals surface area (Å²) in [6, 6.07) is 47.3. The predicted octanol–water partition coefficient (Wildman–Crippen LogP) is 10.6. The Morgan fingerprint density at radius 3 is 1.73 bits per heavy atom. The number of hydrogen-bond donors (Lipinski definition) is 0. The Balaban J connectivity index is 1.19. The Hall–Kier alpha value is -6.01. The summed E-state index contributed by atoms with van der Waals surface area (Å²) in [4.78, 5) is 4.93. The van der Waals surface area contributed by atoms with E-state index in [-0.39, 0.29) is 0 Å². The van der Waals surface area contributed by atoms with Crippen molar-refractivity contribution in [2.75, 3.05) is 0 Å². The normalized spacial score (nSPS) is 11.1. The van der Waals surface area contributed by atoms with E-state index in [9.17, 15) is 10.5 Å². The summed E-state index contributed by atoms with van der Waals surface area (Å²) in [5.74, 6) is 0. The third-order valence-corrected chi connectivity index (χ3v) is 9.06. The van der Waals surface area contributed by atoms with E-state index in [4.69, 9.17) is 9.40 Å². The fourth-order valence-corrected chi connectivity index (χ4v) is 6.65. The number of rotatable bonds is 4. The quantitative estimate of drug-likeness (QED) is 0.208. The molecule has 204 valence electrons. The van der Waals surface area contributed by atoms with Gasteiger partial charge in [0.05, 0.1) is 33.5 Å². The highest BCUT2D eigenvalue weighted by molar-refractivity contribution is 7.21. The van der Waals surface area contributed by atoms with Gasteiger partial charge in [-0.1, -0.05) is 54.6 Å². The van der Waals surface area contributed by atoms with E-state index in [1.54, 1.807) is 17.4 Å². The predicted molar refractivity (Wildman–Crippen MR) is 178 cm³/mol. The van der Waals surface area contributed by atoms with Crippen molar-refractivity contribution in [1.82, 2.24) is 4.98 Å². The van der Waals surface area contributed by atoms with Crippen LogP contribution in [0.3, 0.4) is 0 Å². The van der Waals surface area contributed by atoms with E-state index in [2.05, 4.69) is 78.9 Å². The van der Waals surface area contributed by atoms with Crippen LogP contribution in [0.15, 0.2) is 132 Å². The molecule has 6 aromatic carbocycles. The molecule has 8 aromatic rings. The Bertz CT molecular complexity index is 2420. The van der Waals surface area contributed by atoms with Gasteiger partial charge in [-0.05, 0) is 106 Å². The first-order valence-corrected chi connectivity index (χ1v) is 15.0. The monoisotopic (exact) mass is 579 g/mol. The minimum absolute atomic E-state index is 0.585. The SMILES string of the molecule is N#Cc1ccc(-c2cc(-c3ccc(-c4ccc5c(c4)oc4cc(C#N)ccc45)cc3)cc(-c3nc4ccccc4s3)c2)cc1. The molecule has 0 unspecified atom stereocenters. The standard InChI is InChI=1S/C39H21N3OS/c40-22-24-5-8-27(9-6-24)30-18-31(20-32(19-30)39-42-35-3-1-2-4-38(35)44-39)28-12-10-26(11-13-28)29-14-16-34-33-15-7-25(23-41)17-36(33)43-37(34)21-29/h1-21H. The van der Waals surface area contributed by atoms with Crippen molar-refractivity contribution in [2.24, 2.45) is 0 Å². The van der Waals surface area contributed by atoms with Crippen LogP contribution >= 0.6 is 11.3 Å². The first-order valence-electron chi connectivity index (χ1n) is 14.1. The van der Waals surface area contributed by atoms with Crippen LogP contribution in [0.5, 0.6) is 0 Å². The van der Waals surface area contributed by atoms with Gasteiger partial charge in [-0.3, -0.25) is 0 Å². The highest BCUT2D eigenvalue weighted by Crippen LogP contribution is 2.38. The van der Waals surface area contributed by atoms with Crippen LogP contribution in [0.4, 0.5) is 0 Å². The smallest absolute Gasteiger partial charge is 0.136 e. The fraction of sp³-hybridized carbons (Fsp3) is 0. The van der Waals surface area contributed by atoms with Gasteiger partial charge in [0.1, 0.15) is 16.2 Å². The van der Waals surface area contributed by atoms with Gasteiger partial charge >= 0.3 is 0 Å². The molecule has 2 heterocycles. The second kappa shape index (κ2) is 10.4. The first kappa shape index (κ1) is 25.7. The second-order valence-electron chi connectivity index (χ2n) is 10.7. The van der Waals surface area contributed by atoms with Gasteiger partial charge in [-0.15, -0.1) is 11.3 Å². The summed E-state index contributed by atoms with van der Waals surface area (Å²) < 4.78 is 7.28. The summed E-state index contributed by atoms with van der Waals surface area (Å²) >= 11 is 1.69. The van der Waals surface area contributed by atoms with Gasteiger partial charge in [0, 0.05) is 16.3 Å². The van der Waals surface area contributed by atoms with Crippen molar-refractivity contribution in [3.8, 4) is 56.1 Å². The highest BCUT2D eigenvalue weighted by atomic mass is 32.1. The van der Waals surface area contributed by atoms with Gasteiger partial charge in [0.15, 0.2) is 0 Å². The molecule has 4 nitrogen and oxygen atoms in total. The van der Waals surface area contributed by atoms with Gasteiger partial charge in [0.2, 0.25) is 0 Å². The van der Waals surface area contributed by atoms with Gasteiger partial charge in [-0.25, -0.2) is 4.98 Å². The Kier molecular flexibility index (Phi) is 6.05. The van der Waals surface area contributed by atoms with Crippen LogP contribution in [-0.2, 0) is 0 Å². The molecule has 0 amide bonds. The maximum atomic E-state index is 9.29. The zero-order chi connectivity index (χ0) is 29.6.